The summed E-state index contributed by atoms with van der Waals surface area (Å²) in [6.45, 7) is 5.54. The van der Waals surface area contributed by atoms with E-state index in [0.29, 0.717) is 19.8 Å². The summed E-state index contributed by atoms with van der Waals surface area (Å²) in [5, 5.41) is 7.84. The van der Waals surface area contributed by atoms with Crippen molar-refractivity contribution in [2.24, 2.45) is 0 Å². The number of unbranched alkanes of at least 4 members (excludes halogenated alkanes) is 13. The summed E-state index contributed by atoms with van der Waals surface area (Å²) < 4.78 is 22.0. The molecule has 0 rings (SSSR count). The molecule has 190 valence electrons. The number of ether oxygens (including phenoxy) is 1. The molecule has 1 unspecified atom stereocenters. The van der Waals surface area contributed by atoms with Crippen LogP contribution in [0.15, 0.2) is 0 Å². The summed E-state index contributed by atoms with van der Waals surface area (Å²) >= 11 is 0. The van der Waals surface area contributed by atoms with Gasteiger partial charge in [0.2, 0.25) is 0 Å². The molecule has 0 aromatic carbocycles. The molecule has 0 heterocycles. The van der Waals surface area contributed by atoms with Crippen molar-refractivity contribution in [2.75, 3.05) is 53.9 Å². The topological polar surface area (TPSA) is 78.8 Å². The van der Waals surface area contributed by atoms with Gasteiger partial charge in [-0.3, -0.25) is 0 Å². The maximum Gasteiger partial charge on any atom is 0.143 e. The Kier molecular flexibility index (Phi) is 24.8. The van der Waals surface area contributed by atoms with Crippen LogP contribution in [-0.2, 0) is 13.8 Å². The fraction of sp³-hybridized carbons (Fsp3) is 1.00. The monoisotopic (exact) mass is 467 g/mol. The molecule has 0 aliphatic heterocycles. The zero-order valence-electron chi connectivity index (χ0n) is 21.4. The minimum atomic E-state index is -3.62. The Hall–Kier alpha value is 0.0300. The van der Waals surface area contributed by atoms with E-state index in [1.54, 1.807) is 0 Å². The molecule has 31 heavy (non-hydrogen) atoms. The van der Waals surface area contributed by atoms with Gasteiger partial charge in [0, 0.05) is 12.8 Å². The molecular weight excluding hydrogens is 413 g/mol. The zero-order chi connectivity index (χ0) is 23.8. The van der Waals surface area contributed by atoms with Crippen LogP contribution in [-0.4, -0.2) is 63.4 Å². The molecule has 0 saturated carbocycles. The smallest absolute Gasteiger partial charge is 0.143 e. The second-order valence-electron chi connectivity index (χ2n) is 9.40. The van der Waals surface area contributed by atoms with Crippen molar-refractivity contribution in [2.45, 2.75) is 104 Å². The molecule has 6 nitrogen and oxygen atoms in total. The Labute approximate surface area is 193 Å². The summed E-state index contributed by atoms with van der Waals surface area (Å²) in [5.74, 6) is 0. The predicted molar refractivity (Wildman–Crippen MR) is 130 cm³/mol. The van der Waals surface area contributed by atoms with E-state index in [9.17, 15) is 9.46 Å². The SMILES string of the molecule is CCCCCCCCCCCCCCCCP(=O)([O-])OCC[N+](C)(C)C.CCOCO. The van der Waals surface area contributed by atoms with Crippen LogP contribution in [0.25, 0.3) is 0 Å². The first-order chi connectivity index (χ1) is 14.7. The average Bonchev–Trinajstić information content (AvgIpc) is 2.68. The quantitative estimate of drug-likeness (QED) is 0.101. The largest absolute Gasteiger partial charge is 0.778 e. The van der Waals surface area contributed by atoms with Gasteiger partial charge in [0.1, 0.15) is 27.5 Å². The van der Waals surface area contributed by atoms with E-state index in [-0.39, 0.29) is 13.0 Å². The van der Waals surface area contributed by atoms with Gasteiger partial charge < -0.3 is 28.3 Å². The van der Waals surface area contributed by atoms with E-state index in [1.807, 2.05) is 28.1 Å². The van der Waals surface area contributed by atoms with E-state index in [0.717, 1.165) is 23.7 Å². The van der Waals surface area contributed by atoms with Crippen molar-refractivity contribution in [3.63, 3.8) is 0 Å². The number of quaternary nitrogens is 1. The third-order valence-electron chi connectivity index (χ3n) is 5.13. The number of hydrogen-bond donors (Lipinski definition) is 1. The van der Waals surface area contributed by atoms with E-state index in [1.165, 1.54) is 70.6 Å². The molecule has 0 aromatic heterocycles. The molecule has 0 bridgehead atoms. The lowest BCUT2D eigenvalue weighted by Crippen LogP contribution is -2.37. The molecule has 0 fully saturated rings. The number of aliphatic hydroxyl groups excluding tert-OH is 1. The maximum atomic E-state index is 11.8. The van der Waals surface area contributed by atoms with E-state index in [4.69, 9.17) is 9.63 Å². The minimum absolute atomic E-state index is 0.156. The van der Waals surface area contributed by atoms with Crippen LogP contribution >= 0.6 is 7.60 Å². The Bertz CT molecular complexity index is 400. The van der Waals surface area contributed by atoms with Crippen LogP contribution in [0.2, 0.25) is 0 Å². The first-order valence-corrected chi connectivity index (χ1v) is 14.3. The standard InChI is InChI=1S/C21H46NO3P.C3H8O2/c1-5-6-7-8-9-10-11-12-13-14-15-16-17-18-21-26(23,24)25-20-19-22(2,3)4;1-2-5-3-4/h5-21H2,1-4H3;4H,2-3H2,1H3. The molecule has 0 aliphatic carbocycles. The Morgan fingerprint density at radius 1 is 0.774 bits per heavy atom. The molecule has 1 N–H and O–H groups in total. The number of likely N-dealkylation sites (N-methyl/N-ethyl adjacent to an activating group) is 1. The van der Waals surface area contributed by atoms with Crippen LogP contribution < -0.4 is 4.89 Å². The van der Waals surface area contributed by atoms with Crippen molar-refractivity contribution in [3.8, 4) is 0 Å². The number of nitrogens with zero attached hydrogens (tertiary/aromatic N) is 1. The highest BCUT2D eigenvalue weighted by atomic mass is 31.2. The second kappa shape index (κ2) is 23.2. The van der Waals surface area contributed by atoms with Gasteiger partial charge in [0.25, 0.3) is 0 Å². The zero-order valence-corrected chi connectivity index (χ0v) is 22.3. The molecule has 0 radical (unpaired) electrons. The van der Waals surface area contributed by atoms with Gasteiger partial charge in [0.15, 0.2) is 0 Å². The number of rotatable bonds is 21. The predicted octanol–water partition coefficient (Wildman–Crippen LogP) is 5.72. The molecule has 0 aliphatic rings. The molecule has 1 atom stereocenters. The Balaban J connectivity index is 0. The van der Waals surface area contributed by atoms with Gasteiger partial charge in [-0.25, -0.2) is 0 Å². The lowest BCUT2D eigenvalue weighted by molar-refractivity contribution is -0.870. The summed E-state index contributed by atoms with van der Waals surface area (Å²) in [5.41, 5.74) is 0. The van der Waals surface area contributed by atoms with Crippen molar-refractivity contribution in [1.29, 1.82) is 0 Å². The third-order valence-corrected chi connectivity index (χ3v) is 6.57. The molecular formula is C24H54NO5P. The molecule has 7 heteroatoms. The summed E-state index contributed by atoms with van der Waals surface area (Å²) in [6, 6.07) is 0. The number of aliphatic hydroxyl groups is 1. The van der Waals surface area contributed by atoms with Crippen molar-refractivity contribution in [3.05, 3.63) is 0 Å². The van der Waals surface area contributed by atoms with Gasteiger partial charge in [-0.1, -0.05) is 90.4 Å². The second-order valence-corrected chi connectivity index (χ2v) is 11.3. The fourth-order valence-electron chi connectivity index (χ4n) is 3.11. The van der Waals surface area contributed by atoms with Crippen LogP contribution in [0.5, 0.6) is 0 Å². The summed E-state index contributed by atoms with van der Waals surface area (Å²) in [4.78, 5) is 11.8. The lowest BCUT2D eigenvalue weighted by atomic mass is 10.0. The molecule has 0 saturated heterocycles. The summed E-state index contributed by atoms with van der Waals surface area (Å²) in [6.07, 6.45) is 18.1. The lowest BCUT2D eigenvalue weighted by Gasteiger charge is -2.27. The van der Waals surface area contributed by atoms with Gasteiger partial charge in [-0.15, -0.1) is 0 Å². The van der Waals surface area contributed by atoms with Gasteiger partial charge in [-0.05, 0) is 13.3 Å². The first kappa shape index (κ1) is 33.2. The van der Waals surface area contributed by atoms with Gasteiger partial charge >= 0.3 is 0 Å². The molecule has 0 spiro atoms. The first-order valence-electron chi connectivity index (χ1n) is 12.6. The van der Waals surface area contributed by atoms with Crippen molar-refractivity contribution in [1.82, 2.24) is 0 Å². The van der Waals surface area contributed by atoms with Gasteiger partial charge in [-0.2, -0.15) is 0 Å². The van der Waals surface area contributed by atoms with E-state index in [2.05, 4.69) is 11.7 Å². The minimum Gasteiger partial charge on any atom is -0.778 e. The van der Waals surface area contributed by atoms with E-state index >= 15 is 0 Å². The average molecular weight is 468 g/mol. The Morgan fingerprint density at radius 3 is 1.52 bits per heavy atom. The number of hydrogen-bond acceptors (Lipinski definition) is 5. The highest BCUT2D eigenvalue weighted by Gasteiger charge is 2.12. The highest BCUT2D eigenvalue weighted by Crippen LogP contribution is 2.37. The van der Waals surface area contributed by atoms with Crippen LogP contribution in [0.1, 0.15) is 104 Å². The normalized spacial score (nSPS) is 13.5. The highest BCUT2D eigenvalue weighted by molar-refractivity contribution is 7.51. The third kappa shape index (κ3) is 32.3. The maximum absolute atomic E-state index is 11.8. The van der Waals surface area contributed by atoms with Crippen molar-refractivity contribution >= 4 is 7.60 Å². The van der Waals surface area contributed by atoms with Crippen LogP contribution in [0, 0.1) is 0 Å². The van der Waals surface area contributed by atoms with Gasteiger partial charge in [0.05, 0.1) is 21.1 Å². The Morgan fingerprint density at radius 2 is 1.19 bits per heavy atom. The fourth-order valence-corrected chi connectivity index (χ4v) is 4.21. The van der Waals surface area contributed by atoms with Crippen LogP contribution in [0.3, 0.4) is 0 Å². The summed E-state index contributed by atoms with van der Waals surface area (Å²) in [7, 11) is 2.48. The van der Waals surface area contributed by atoms with E-state index < -0.39 is 7.60 Å². The van der Waals surface area contributed by atoms with Crippen LogP contribution in [0.4, 0.5) is 0 Å². The van der Waals surface area contributed by atoms with Crippen molar-refractivity contribution < 1.29 is 28.3 Å². The molecule has 0 aromatic rings. The molecule has 0 amide bonds.